The Hall–Kier alpha value is -1.54. The van der Waals surface area contributed by atoms with Crippen LogP contribution in [-0.4, -0.2) is 42.4 Å². The smallest absolute Gasteiger partial charge is 0.419 e. The van der Waals surface area contributed by atoms with Crippen molar-refractivity contribution >= 4 is 5.90 Å². The molecule has 148 valence electrons. The van der Waals surface area contributed by atoms with Crippen molar-refractivity contribution in [3.8, 4) is 0 Å². The van der Waals surface area contributed by atoms with Gasteiger partial charge in [0.15, 0.2) is 0 Å². The molecule has 25 heavy (non-hydrogen) atoms. The summed E-state index contributed by atoms with van der Waals surface area (Å²) in [5, 5.41) is 1.84. The zero-order valence-electron chi connectivity index (χ0n) is 12.0. The van der Waals surface area contributed by atoms with Crippen molar-refractivity contribution in [1.82, 2.24) is 0 Å². The molecular weight excluding hydrogens is 391 g/mol. The Kier molecular flexibility index (Phi) is 5.18. The van der Waals surface area contributed by atoms with Crippen LogP contribution in [0.4, 0.5) is 48.3 Å². The van der Waals surface area contributed by atoms with E-state index in [2.05, 4.69) is 14.3 Å². The van der Waals surface area contributed by atoms with Gasteiger partial charge >= 0.3 is 30.4 Å². The molecule has 0 bridgehead atoms. The topological polar surface area (TPSA) is 40.0 Å². The highest BCUT2D eigenvalue weighted by Gasteiger charge is 2.81. The zero-order valence-corrected chi connectivity index (χ0v) is 12.0. The second-order valence-corrected chi connectivity index (χ2v) is 4.94. The molecule has 1 unspecified atom stereocenters. The van der Waals surface area contributed by atoms with Gasteiger partial charge in [0.1, 0.15) is 0 Å². The summed E-state index contributed by atoms with van der Waals surface area (Å²) in [6.45, 7) is 1.70. The van der Waals surface area contributed by atoms with Crippen molar-refractivity contribution in [2.75, 3.05) is 0 Å². The third-order valence-electron chi connectivity index (χ3n) is 2.56. The van der Waals surface area contributed by atoms with Gasteiger partial charge in [0, 0.05) is 0 Å². The van der Waals surface area contributed by atoms with Crippen LogP contribution in [-0.2, 0) is 14.3 Å². The highest BCUT2D eigenvalue weighted by molar-refractivity contribution is 5.81. The van der Waals surface area contributed by atoms with Crippen LogP contribution in [0.25, 0.3) is 0 Å². The summed E-state index contributed by atoms with van der Waals surface area (Å²) in [6.07, 6.45) is -25.9. The molecule has 0 aromatic rings. The highest BCUT2D eigenvalue weighted by atomic mass is 19.4. The predicted molar refractivity (Wildman–Crippen MR) is 55.2 cm³/mol. The fourth-order valence-corrected chi connectivity index (χ4v) is 1.64. The van der Waals surface area contributed by atoms with Crippen LogP contribution < -0.4 is 0 Å². The second-order valence-electron chi connectivity index (χ2n) is 4.94. The van der Waals surface area contributed by atoms with Gasteiger partial charge in [0.2, 0.25) is 5.92 Å². The van der Waals surface area contributed by atoms with Gasteiger partial charge in [0.25, 0.3) is 5.90 Å². The molecule has 0 amide bonds. The van der Waals surface area contributed by atoms with E-state index in [1.54, 1.807) is 0 Å². The lowest BCUT2D eigenvalue weighted by Gasteiger charge is -2.32. The quantitative estimate of drug-likeness (QED) is 0.660. The van der Waals surface area contributed by atoms with Crippen LogP contribution in [0.1, 0.15) is 13.8 Å². The van der Waals surface area contributed by atoms with Gasteiger partial charge in [-0.3, -0.25) is 0 Å². The van der Waals surface area contributed by atoms with E-state index in [1.807, 2.05) is 5.16 Å². The fourth-order valence-electron chi connectivity index (χ4n) is 1.64. The summed E-state index contributed by atoms with van der Waals surface area (Å²) >= 11 is 0. The highest BCUT2D eigenvalue weighted by Crippen LogP contribution is 2.52. The molecule has 0 aromatic heterocycles. The van der Waals surface area contributed by atoms with Crippen molar-refractivity contribution in [1.29, 1.82) is 0 Å². The summed E-state index contributed by atoms with van der Waals surface area (Å²) < 4.78 is 148. The minimum atomic E-state index is -6.47. The molecule has 0 spiro atoms. The van der Waals surface area contributed by atoms with Crippen LogP contribution in [0, 0.1) is 5.92 Å². The molecule has 0 N–H and O–H groups in total. The molecule has 1 rings (SSSR count). The first-order chi connectivity index (χ1) is 10.9. The van der Waals surface area contributed by atoms with E-state index in [1.165, 1.54) is 0 Å². The molecule has 1 heterocycles. The van der Waals surface area contributed by atoms with Crippen molar-refractivity contribution in [2.24, 2.45) is 11.1 Å². The average molecular weight is 399 g/mol. The largest absolute Gasteiger partial charge is 0.480 e. The monoisotopic (exact) mass is 399 g/mol. The molecule has 1 aliphatic rings. The first-order valence-corrected chi connectivity index (χ1v) is 6.06. The number of oxime groups is 1. The standard InChI is InChI=1S/C10H8F11NO3/c1-3(2)23-7(14,15)4(6(11,12)13)5-22-25-8(24-5,9(16,17)18)10(19,20)21/h3-4H,1-2H3. The first-order valence-electron chi connectivity index (χ1n) is 6.06. The Morgan fingerprint density at radius 3 is 1.60 bits per heavy atom. The zero-order chi connectivity index (χ0) is 20.1. The Labute approximate surface area is 131 Å². The average Bonchev–Trinajstić information content (AvgIpc) is 2.68. The maximum absolute atomic E-state index is 13.6. The molecule has 15 heteroatoms. The molecule has 0 aliphatic carbocycles. The number of nitrogens with zero attached hydrogens (tertiary/aromatic N) is 1. The SMILES string of the molecule is CC(C)OC(F)(F)C(C1=NOC(C(F)(F)F)(C(F)(F)F)O1)C(F)(F)F. The molecule has 0 saturated heterocycles. The van der Waals surface area contributed by atoms with Gasteiger partial charge in [-0.2, -0.15) is 48.3 Å². The molecule has 0 aromatic carbocycles. The van der Waals surface area contributed by atoms with Crippen LogP contribution in [0.3, 0.4) is 0 Å². The van der Waals surface area contributed by atoms with Crippen molar-refractivity contribution in [2.45, 2.75) is 50.4 Å². The third-order valence-corrected chi connectivity index (χ3v) is 2.56. The molecule has 0 fully saturated rings. The third kappa shape index (κ3) is 4.00. The Bertz CT molecular complexity index is 506. The van der Waals surface area contributed by atoms with Crippen molar-refractivity contribution in [3.05, 3.63) is 0 Å². The lowest BCUT2D eigenvalue weighted by molar-refractivity contribution is -0.441. The number of hydrogen-bond donors (Lipinski definition) is 0. The summed E-state index contributed by atoms with van der Waals surface area (Å²) in [4.78, 5) is 2.99. The number of halogens is 11. The lowest BCUT2D eigenvalue weighted by atomic mass is 10.1. The van der Waals surface area contributed by atoms with Crippen LogP contribution in [0.5, 0.6) is 0 Å². The number of hydrogen-bond acceptors (Lipinski definition) is 4. The summed E-state index contributed by atoms with van der Waals surface area (Å²) in [7, 11) is 0. The van der Waals surface area contributed by atoms with Gasteiger partial charge in [-0.05, 0) is 19.0 Å². The Morgan fingerprint density at radius 1 is 0.880 bits per heavy atom. The van der Waals surface area contributed by atoms with E-state index in [9.17, 15) is 48.3 Å². The van der Waals surface area contributed by atoms with Crippen LogP contribution >= 0.6 is 0 Å². The van der Waals surface area contributed by atoms with E-state index >= 15 is 0 Å². The molecule has 1 aliphatic heterocycles. The number of ether oxygens (including phenoxy) is 2. The molecular formula is C10H8F11NO3. The van der Waals surface area contributed by atoms with E-state index in [0.717, 1.165) is 13.8 Å². The Morgan fingerprint density at radius 2 is 1.32 bits per heavy atom. The number of alkyl halides is 11. The maximum atomic E-state index is 13.6. The summed E-state index contributed by atoms with van der Waals surface area (Å²) in [5.74, 6) is -12.7. The molecule has 4 nitrogen and oxygen atoms in total. The lowest BCUT2D eigenvalue weighted by Crippen LogP contribution is -2.59. The van der Waals surface area contributed by atoms with Gasteiger partial charge in [-0.15, -0.1) is 0 Å². The second kappa shape index (κ2) is 6.02. The minimum absolute atomic E-state index is 0.852. The van der Waals surface area contributed by atoms with Gasteiger partial charge < -0.3 is 14.3 Å². The van der Waals surface area contributed by atoms with Crippen LogP contribution in [0.2, 0.25) is 0 Å². The van der Waals surface area contributed by atoms with Gasteiger partial charge in [0.05, 0.1) is 6.10 Å². The minimum Gasteiger partial charge on any atom is -0.419 e. The van der Waals surface area contributed by atoms with E-state index in [0.29, 0.717) is 0 Å². The number of rotatable bonds is 4. The fraction of sp³-hybridized carbons (Fsp3) is 0.900. The molecule has 1 atom stereocenters. The molecule has 0 radical (unpaired) electrons. The maximum Gasteiger partial charge on any atom is 0.480 e. The van der Waals surface area contributed by atoms with Gasteiger partial charge in [-0.1, -0.05) is 0 Å². The predicted octanol–water partition coefficient (Wildman–Crippen LogP) is 4.36. The first kappa shape index (κ1) is 21.5. The van der Waals surface area contributed by atoms with E-state index < -0.39 is 48.3 Å². The van der Waals surface area contributed by atoms with Crippen molar-refractivity contribution < 1.29 is 62.6 Å². The Balaban J connectivity index is 3.33. The van der Waals surface area contributed by atoms with Crippen LogP contribution in [0.15, 0.2) is 5.16 Å². The van der Waals surface area contributed by atoms with E-state index in [4.69, 9.17) is 0 Å². The summed E-state index contributed by atoms with van der Waals surface area (Å²) in [6, 6.07) is 0. The van der Waals surface area contributed by atoms with Crippen molar-refractivity contribution in [3.63, 3.8) is 0 Å². The summed E-state index contributed by atoms with van der Waals surface area (Å²) in [5.41, 5.74) is 0. The van der Waals surface area contributed by atoms with Gasteiger partial charge in [-0.25, -0.2) is 0 Å². The molecule has 0 saturated carbocycles. The van der Waals surface area contributed by atoms with E-state index in [-0.39, 0.29) is 0 Å². The normalized spacial score (nSPS) is 20.2.